The van der Waals surface area contributed by atoms with Crippen LogP contribution in [0.2, 0.25) is 0 Å². The van der Waals surface area contributed by atoms with Gasteiger partial charge in [0.1, 0.15) is 5.75 Å². The summed E-state index contributed by atoms with van der Waals surface area (Å²) < 4.78 is 44.8. The van der Waals surface area contributed by atoms with E-state index in [2.05, 4.69) is 4.72 Å². The van der Waals surface area contributed by atoms with Gasteiger partial charge in [0.25, 0.3) is 0 Å². The van der Waals surface area contributed by atoms with Crippen LogP contribution >= 0.6 is 0 Å². The average molecular weight is 407 g/mol. The maximum Gasteiger partial charge on any atom is 0.240 e. The minimum absolute atomic E-state index is 0.148. The molecule has 7 nitrogen and oxygen atoms in total. The SMILES string of the molecule is COc1cccc([C@@H](CNS(=O)(=O)c2ccc3c(c2)OCCCO3)N(C)C)c1. The predicted octanol–water partition coefficient (Wildman–Crippen LogP) is 2.44. The molecule has 2 aromatic rings. The van der Waals surface area contributed by atoms with Crippen molar-refractivity contribution in [2.24, 2.45) is 0 Å². The van der Waals surface area contributed by atoms with Gasteiger partial charge in [-0.05, 0) is 43.9 Å². The number of hydrogen-bond acceptors (Lipinski definition) is 6. The molecule has 28 heavy (non-hydrogen) atoms. The largest absolute Gasteiger partial charge is 0.497 e. The molecule has 1 atom stereocenters. The van der Waals surface area contributed by atoms with E-state index in [0.29, 0.717) is 24.7 Å². The molecule has 1 N–H and O–H groups in total. The number of rotatable bonds is 7. The van der Waals surface area contributed by atoms with Crippen LogP contribution < -0.4 is 18.9 Å². The van der Waals surface area contributed by atoms with Crippen LogP contribution in [-0.2, 0) is 10.0 Å². The molecule has 0 saturated heterocycles. The molecule has 0 bridgehead atoms. The van der Waals surface area contributed by atoms with Crippen molar-refractivity contribution in [3.63, 3.8) is 0 Å². The summed E-state index contributed by atoms with van der Waals surface area (Å²) in [5.41, 5.74) is 0.964. The van der Waals surface area contributed by atoms with Crippen molar-refractivity contribution in [2.45, 2.75) is 17.4 Å². The third-order valence-electron chi connectivity index (χ3n) is 4.60. The summed E-state index contributed by atoms with van der Waals surface area (Å²) in [4.78, 5) is 2.12. The smallest absolute Gasteiger partial charge is 0.240 e. The molecule has 1 heterocycles. The summed E-state index contributed by atoms with van der Waals surface area (Å²) >= 11 is 0. The highest BCUT2D eigenvalue weighted by Gasteiger charge is 2.22. The monoisotopic (exact) mass is 406 g/mol. The molecule has 0 aliphatic carbocycles. The quantitative estimate of drug-likeness (QED) is 0.761. The van der Waals surface area contributed by atoms with E-state index in [1.165, 1.54) is 12.1 Å². The molecule has 3 rings (SSSR count). The Morgan fingerprint density at radius 1 is 1.11 bits per heavy atom. The third kappa shape index (κ3) is 4.76. The number of nitrogens with zero attached hydrogens (tertiary/aromatic N) is 1. The van der Waals surface area contributed by atoms with Gasteiger partial charge in [-0.1, -0.05) is 12.1 Å². The van der Waals surface area contributed by atoms with E-state index < -0.39 is 10.0 Å². The van der Waals surface area contributed by atoms with Gasteiger partial charge in [0, 0.05) is 25.1 Å². The Morgan fingerprint density at radius 3 is 2.57 bits per heavy atom. The van der Waals surface area contributed by atoms with Crippen LogP contribution in [0, 0.1) is 0 Å². The minimum Gasteiger partial charge on any atom is -0.497 e. The number of methoxy groups -OCH3 is 1. The molecule has 1 aliphatic heterocycles. The maximum atomic E-state index is 12.8. The van der Waals surface area contributed by atoms with Gasteiger partial charge in [-0.25, -0.2) is 13.1 Å². The lowest BCUT2D eigenvalue weighted by Gasteiger charge is -2.25. The van der Waals surface area contributed by atoms with Crippen molar-refractivity contribution in [3.8, 4) is 17.2 Å². The van der Waals surface area contributed by atoms with Crippen LogP contribution in [0.5, 0.6) is 17.2 Å². The summed E-state index contributed by atoms with van der Waals surface area (Å²) in [6, 6.07) is 12.2. The van der Waals surface area contributed by atoms with Gasteiger partial charge in [-0.15, -0.1) is 0 Å². The van der Waals surface area contributed by atoms with E-state index in [0.717, 1.165) is 17.7 Å². The van der Waals surface area contributed by atoms with Crippen molar-refractivity contribution >= 4 is 10.0 Å². The van der Waals surface area contributed by atoms with Gasteiger partial charge >= 0.3 is 0 Å². The van der Waals surface area contributed by atoms with E-state index in [-0.39, 0.29) is 17.5 Å². The number of benzene rings is 2. The predicted molar refractivity (Wildman–Crippen MR) is 107 cm³/mol. The number of fused-ring (bicyclic) bond motifs is 1. The van der Waals surface area contributed by atoms with E-state index in [9.17, 15) is 8.42 Å². The second kappa shape index (κ2) is 8.81. The zero-order valence-electron chi connectivity index (χ0n) is 16.3. The lowest BCUT2D eigenvalue weighted by molar-refractivity contribution is 0.296. The molecule has 0 unspecified atom stereocenters. The molecule has 8 heteroatoms. The summed E-state index contributed by atoms with van der Waals surface area (Å²) in [6.45, 7) is 1.28. The molecule has 0 fully saturated rings. The highest BCUT2D eigenvalue weighted by molar-refractivity contribution is 7.89. The Balaban J connectivity index is 1.78. The first-order valence-corrected chi connectivity index (χ1v) is 10.6. The zero-order valence-corrected chi connectivity index (χ0v) is 17.2. The van der Waals surface area contributed by atoms with E-state index >= 15 is 0 Å². The molecule has 2 aromatic carbocycles. The second-order valence-corrected chi connectivity index (χ2v) is 8.53. The Hall–Kier alpha value is -2.29. The van der Waals surface area contributed by atoms with Crippen molar-refractivity contribution < 1.29 is 22.6 Å². The fourth-order valence-corrected chi connectivity index (χ4v) is 4.08. The molecule has 0 saturated carbocycles. The summed E-state index contributed by atoms with van der Waals surface area (Å²) in [6.07, 6.45) is 0.764. The average Bonchev–Trinajstić information content (AvgIpc) is 2.92. The van der Waals surface area contributed by atoms with Crippen LogP contribution in [-0.4, -0.2) is 54.3 Å². The van der Waals surface area contributed by atoms with Crippen LogP contribution in [0.15, 0.2) is 47.4 Å². The van der Waals surface area contributed by atoms with Crippen molar-refractivity contribution in [3.05, 3.63) is 48.0 Å². The first-order chi connectivity index (χ1) is 13.4. The van der Waals surface area contributed by atoms with Gasteiger partial charge in [-0.2, -0.15) is 0 Å². The van der Waals surface area contributed by atoms with Crippen LogP contribution in [0.1, 0.15) is 18.0 Å². The van der Waals surface area contributed by atoms with Gasteiger partial charge in [0.15, 0.2) is 11.5 Å². The van der Waals surface area contributed by atoms with E-state index in [4.69, 9.17) is 14.2 Å². The van der Waals surface area contributed by atoms with Crippen LogP contribution in [0.4, 0.5) is 0 Å². The number of ether oxygens (including phenoxy) is 3. The molecule has 0 amide bonds. The maximum absolute atomic E-state index is 12.8. The molecule has 0 radical (unpaired) electrons. The fraction of sp³-hybridized carbons (Fsp3) is 0.400. The normalized spacial score (nSPS) is 15.1. The van der Waals surface area contributed by atoms with Crippen LogP contribution in [0.25, 0.3) is 0 Å². The molecule has 152 valence electrons. The first-order valence-electron chi connectivity index (χ1n) is 9.10. The molecular weight excluding hydrogens is 380 g/mol. The zero-order chi connectivity index (χ0) is 20.1. The van der Waals surface area contributed by atoms with Crippen molar-refractivity contribution in [1.29, 1.82) is 0 Å². The van der Waals surface area contributed by atoms with Gasteiger partial charge < -0.3 is 19.1 Å². The van der Waals surface area contributed by atoms with E-state index in [1.54, 1.807) is 13.2 Å². The Morgan fingerprint density at radius 2 is 1.86 bits per heavy atom. The number of nitrogens with one attached hydrogen (secondary N) is 1. The highest BCUT2D eigenvalue weighted by Crippen LogP contribution is 2.32. The molecule has 0 spiro atoms. The van der Waals surface area contributed by atoms with Gasteiger partial charge in [0.05, 0.1) is 25.2 Å². The fourth-order valence-electron chi connectivity index (χ4n) is 3.03. The summed E-state index contributed by atoms with van der Waals surface area (Å²) in [5.74, 6) is 1.76. The Labute approximate surface area is 166 Å². The number of likely N-dealkylation sites (N-methyl/N-ethyl adjacent to an activating group) is 1. The lowest BCUT2D eigenvalue weighted by Crippen LogP contribution is -2.34. The third-order valence-corrected chi connectivity index (χ3v) is 6.02. The van der Waals surface area contributed by atoms with Gasteiger partial charge in [-0.3, -0.25) is 0 Å². The second-order valence-electron chi connectivity index (χ2n) is 6.77. The molecule has 1 aliphatic rings. The van der Waals surface area contributed by atoms with Crippen molar-refractivity contribution in [1.82, 2.24) is 9.62 Å². The standard InChI is InChI=1S/C20H26N2O5S/c1-22(2)18(15-6-4-7-16(12-15)25-3)14-21-28(23,24)17-8-9-19-20(13-17)27-11-5-10-26-19/h4,6-9,12-13,18,21H,5,10-11,14H2,1-3H3/t18-/m1/s1. The Kier molecular flexibility index (Phi) is 6.43. The Bertz CT molecular complexity index is 915. The van der Waals surface area contributed by atoms with E-state index in [1.807, 2.05) is 43.3 Å². The molecule has 0 aromatic heterocycles. The summed E-state index contributed by atoms with van der Waals surface area (Å²) in [7, 11) is 1.72. The first kappa shape index (κ1) is 20.4. The van der Waals surface area contributed by atoms with Crippen molar-refractivity contribution in [2.75, 3.05) is 41.0 Å². The van der Waals surface area contributed by atoms with Crippen LogP contribution in [0.3, 0.4) is 0 Å². The van der Waals surface area contributed by atoms with Gasteiger partial charge in [0.2, 0.25) is 10.0 Å². The number of hydrogen-bond donors (Lipinski definition) is 1. The topological polar surface area (TPSA) is 77.1 Å². The number of sulfonamides is 1. The molecular formula is C20H26N2O5S. The lowest BCUT2D eigenvalue weighted by atomic mass is 10.1. The summed E-state index contributed by atoms with van der Waals surface area (Å²) in [5, 5.41) is 0. The highest BCUT2D eigenvalue weighted by atomic mass is 32.2. The minimum atomic E-state index is -3.70.